The molecule has 1 unspecified atom stereocenters. The number of hydrogen-bond donors (Lipinski definition) is 0. The molecule has 200 valence electrons. The molecule has 1 saturated heterocycles. The zero-order chi connectivity index (χ0) is 25.1. The van der Waals surface area contributed by atoms with E-state index in [9.17, 15) is 18.0 Å². The molecule has 0 N–H and O–H groups in total. The molecule has 1 aliphatic rings. The summed E-state index contributed by atoms with van der Waals surface area (Å²) < 4.78 is 28.4. The van der Waals surface area contributed by atoms with Gasteiger partial charge in [-0.05, 0) is 70.3 Å². The third kappa shape index (κ3) is 10.4. The maximum Gasteiger partial charge on any atom is 0.409 e. The summed E-state index contributed by atoms with van der Waals surface area (Å²) >= 11 is 0. The highest BCUT2D eigenvalue weighted by Gasteiger charge is 2.24. The first-order valence-electron chi connectivity index (χ1n) is 12.4. The van der Waals surface area contributed by atoms with Crippen molar-refractivity contribution in [2.45, 2.75) is 63.8 Å². The first-order valence-corrected chi connectivity index (χ1v) is 14.3. The van der Waals surface area contributed by atoms with E-state index in [-0.39, 0.29) is 24.4 Å². The van der Waals surface area contributed by atoms with E-state index in [1.807, 2.05) is 17.0 Å². The van der Waals surface area contributed by atoms with Crippen LogP contribution in [0.2, 0.25) is 0 Å². The van der Waals surface area contributed by atoms with Gasteiger partial charge in [0.2, 0.25) is 5.91 Å². The van der Waals surface area contributed by atoms with Gasteiger partial charge in [0.25, 0.3) is 0 Å². The maximum absolute atomic E-state index is 12.5. The Hall–Kier alpha value is -1.84. The SMILES string of the molecule is CCCN(CCCCN1CCN(C(=O)OCC)CCC1=O)C(C)Cc1ccc(S(C)(=O)=O)cc1.Cl. The van der Waals surface area contributed by atoms with Crippen molar-refractivity contribution < 1.29 is 22.7 Å². The van der Waals surface area contributed by atoms with E-state index in [1.165, 1.54) is 6.26 Å². The van der Waals surface area contributed by atoms with Crippen molar-refractivity contribution in [1.82, 2.24) is 14.7 Å². The molecule has 1 aromatic carbocycles. The third-order valence-corrected chi connectivity index (χ3v) is 7.38. The number of halogens is 1. The Labute approximate surface area is 217 Å². The molecule has 1 aliphatic heterocycles. The fourth-order valence-electron chi connectivity index (χ4n) is 4.30. The Morgan fingerprint density at radius 2 is 1.77 bits per heavy atom. The second kappa shape index (κ2) is 15.3. The van der Waals surface area contributed by atoms with Gasteiger partial charge in [0.15, 0.2) is 9.84 Å². The van der Waals surface area contributed by atoms with Crippen molar-refractivity contribution in [2.75, 3.05) is 52.1 Å². The van der Waals surface area contributed by atoms with E-state index in [0.29, 0.717) is 50.1 Å². The maximum atomic E-state index is 12.5. The summed E-state index contributed by atoms with van der Waals surface area (Å²) in [5.41, 5.74) is 1.13. The first-order chi connectivity index (χ1) is 16.2. The van der Waals surface area contributed by atoms with Crippen LogP contribution in [0.5, 0.6) is 0 Å². The summed E-state index contributed by atoms with van der Waals surface area (Å²) in [6.07, 6.45) is 5.06. The zero-order valence-electron chi connectivity index (χ0n) is 21.6. The van der Waals surface area contributed by atoms with Crippen molar-refractivity contribution in [3.05, 3.63) is 29.8 Å². The fraction of sp³-hybridized carbons (Fsp3) is 0.680. The summed E-state index contributed by atoms with van der Waals surface area (Å²) in [4.78, 5) is 30.7. The predicted molar refractivity (Wildman–Crippen MR) is 141 cm³/mol. The number of carbonyl (C=O) groups excluding carboxylic acids is 2. The van der Waals surface area contributed by atoms with Gasteiger partial charge in [-0.15, -0.1) is 12.4 Å². The lowest BCUT2D eigenvalue weighted by molar-refractivity contribution is -0.130. The summed E-state index contributed by atoms with van der Waals surface area (Å²) in [7, 11) is -3.18. The summed E-state index contributed by atoms with van der Waals surface area (Å²) in [5, 5.41) is 0. The van der Waals surface area contributed by atoms with E-state index < -0.39 is 9.84 Å². The molecule has 1 atom stereocenters. The summed E-state index contributed by atoms with van der Waals surface area (Å²) in [5.74, 6) is 0.100. The second-order valence-corrected chi connectivity index (χ2v) is 11.0. The Balaban J connectivity index is 0.00000612. The molecule has 0 spiro atoms. The highest BCUT2D eigenvalue weighted by Crippen LogP contribution is 2.15. The number of sulfone groups is 1. The van der Waals surface area contributed by atoms with Crippen LogP contribution in [0.15, 0.2) is 29.2 Å². The van der Waals surface area contributed by atoms with Crippen LogP contribution in [0.3, 0.4) is 0 Å². The van der Waals surface area contributed by atoms with Crippen LogP contribution in [-0.4, -0.2) is 93.3 Å². The van der Waals surface area contributed by atoms with Gasteiger partial charge in [-0.2, -0.15) is 0 Å². The van der Waals surface area contributed by atoms with Gasteiger partial charge in [-0.1, -0.05) is 19.1 Å². The lowest BCUT2D eigenvalue weighted by Crippen LogP contribution is -2.38. The molecule has 8 nitrogen and oxygen atoms in total. The van der Waals surface area contributed by atoms with E-state index >= 15 is 0 Å². The molecule has 1 aromatic rings. The summed E-state index contributed by atoms with van der Waals surface area (Å²) in [6.45, 7) is 10.6. The number of nitrogens with zero attached hydrogens (tertiary/aromatic N) is 3. The molecule has 35 heavy (non-hydrogen) atoms. The average Bonchev–Trinajstić information content (AvgIpc) is 2.97. The van der Waals surface area contributed by atoms with Crippen molar-refractivity contribution in [1.29, 1.82) is 0 Å². The number of hydrogen-bond acceptors (Lipinski definition) is 6. The van der Waals surface area contributed by atoms with Gasteiger partial charge < -0.3 is 19.4 Å². The Morgan fingerprint density at radius 1 is 1.09 bits per heavy atom. The molecule has 1 fully saturated rings. The van der Waals surface area contributed by atoms with Gasteiger partial charge in [0.1, 0.15) is 0 Å². The molecule has 0 bridgehead atoms. The van der Waals surface area contributed by atoms with Crippen LogP contribution in [-0.2, 0) is 25.8 Å². The zero-order valence-corrected chi connectivity index (χ0v) is 23.2. The van der Waals surface area contributed by atoms with E-state index in [2.05, 4.69) is 18.7 Å². The van der Waals surface area contributed by atoms with Crippen molar-refractivity contribution >= 4 is 34.2 Å². The van der Waals surface area contributed by atoms with Gasteiger partial charge in [-0.25, -0.2) is 13.2 Å². The lowest BCUT2D eigenvalue weighted by atomic mass is 10.1. The standard InChI is InChI=1S/C25H41N3O5S.ClH/c1-5-14-26(21(3)20-22-9-11-23(12-10-22)34(4,31)32)15-7-8-16-27-18-19-28(17-13-24(27)29)25(30)33-6-2;/h9-12,21H,5-8,13-20H2,1-4H3;1H. The topological polar surface area (TPSA) is 87.2 Å². The highest BCUT2D eigenvalue weighted by molar-refractivity contribution is 7.90. The van der Waals surface area contributed by atoms with Crippen LogP contribution in [0, 0.1) is 0 Å². The number of benzene rings is 1. The molecule has 2 amide bonds. The average molecular weight is 532 g/mol. The van der Waals surface area contributed by atoms with Crippen LogP contribution in [0.25, 0.3) is 0 Å². The second-order valence-electron chi connectivity index (χ2n) is 9.03. The summed E-state index contributed by atoms with van der Waals surface area (Å²) in [6, 6.07) is 7.51. The monoisotopic (exact) mass is 531 g/mol. The normalized spacial score (nSPS) is 15.5. The molecule has 10 heteroatoms. The first kappa shape index (κ1) is 31.2. The number of rotatable bonds is 12. The van der Waals surface area contributed by atoms with Gasteiger partial charge in [0, 0.05) is 44.9 Å². The van der Waals surface area contributed by atoms with Gasteiger partial charge >= 0.3 is 6.09 Å². The van der Waals surface area contributed by atoms with Crippen LogP contribution in [0.1, 0.15) is 52.0 Å². The molecule has 0 aliphatic carbocycles. The molecule has 0 radical (unpaired) electrons. The van der Waals surface area contributed by atoms with E-state index in [0.717, 1.165) is 44.3 Å². The minimum Gasteiger partial charge on any atom is -0.450 e. The van der Waals surface area contributed by atoms with Crippen molar-refractivity contribution in [3.8, 4) is 0 Å². The number of ether oxygens (including phenoxy) is 1. The Kier molecular flexibility index (Phi) is 13.6. The Bertz CT molecular complexity index is 895. The molecular weight excluding hydrogens is 490 g/mol. The molecule has 0 aromatic heterocycles. The van der Waals surface area contributed by atoms with E-state index in [1.54, 1.807) is 24.0 Å². The number of amides is 2. The molecule has 1 heterocycles. The smallest absolute Gasteiger partial charge is 0.409 e. The lowest BCUT2D eigenvalue weighted by Gasteiger charge is -2.29. The third-order valence-electron chi connectivity index (χ3n) is 6.25. The molecule has 2 rings (SSSR count). The van der Waals surface area contributed by atoms with Crippen molar-refractivity contribution in [3.63, 3.8) is 0 Å². The van der Waals surface area contributed by atoms with Gasteiger partial charge in [0.05, 0.1) is 11.5 Å². The van der Waals surface area contributed by atoms with Gasteiger partial charge in [-0.3, -0.25) is 4.79 Å². The minimum atomic E-state index is -3.18. The fourth-order valence-corrected chi connectivity index (χ4v) is 4.93. The highest BCUT2D eigenvalue weighted by atomic mass is 35.5. The quantitative estimate of drug-likeness (QED) is 0.383. The van der Waals surface area contributed by atoms with Crippen LogP contribution >= 0.6 is 12.4 Å². The minimum absolute atomic E-state index is 0. The molecular formula is C25H42ClN3O5S. The number of carbonyl (C=O) groups is 2. The van der Waals surface area contributed by atoms with Crippen molar-refractivity contribution in [2.24, 2.45) is 0 Å². The van der Waals surface area contributed by atoms with Crippen LogP contribution < -0.4 is 0 Å². The van der Waals surface area contributed by atoms with Crippen LogP contribution in [0.4, 0.5) is 4.79 Å². The largest absolute Gasteiger partial charge is 0.450 e. The molecule has 0 saturated carbocycles. The Morgan fingerprint density at radius 3 is 2.37 bits per heavy atom. The van der Waals surface area contributed by atoms with E-state index in [4.69, 9.17) is 4.74 Å². The predicted octanol–water partition coefficient (Wildman–Crippen LogP) is 3.63. The number of unbranched alkanes of at least 4 members (excludes halogenated alkanes) is 1.